The Kier molecular flexibility index (Phi) is 7.16. The average molecular weight is 75.9 g/mol. The summed E-state index contributed by atoms with van der Waals surface area (Å²) in [4.78, 5) is 0. The van der Waals surface area contributed by atoms with Gasteiger partial charge in [-0.05, 0) is 0 Å². The molecule has 2 heteroatoms. The van der Waals surface area contributed by atoms with Crippen LogP contribution in [0.1, 0.15) is 0 Å². The van der Waals surface area contributed by atoms with Gasteiger partial charge in [0.1, 0.15) is 21.3 Å². The second-order valence-electron chi connectivity index (χ2n) is 1.22. The molecule has 0 amide bonds. The second kappa shape index (κ2) is 4.02. The van der Waals surface area contributed by atoms with E-state index in [1.54, 1.807) is 0 Å². The van der Waals surface area contributed by atoms with Crippen LogP contribution < -0.4 is 0 Å². The molecule has 0 atom stereocenters. The zero-order chi connectivity index (χ0) is 3.58. The Balaban J connectivity index is 0. The molecule has 0 saturated heterocycles. The van der Waals surface area contributed by atoms with Crippen LogP contribution in [-0.4, -0.2) is 29.7 Å². The molecule has 0 fully saturated rings. The first-order valence-electron chi connectivity index (χ1n) is 1.22. The minimum atomic E-state index is 0. The number of rotatable bonds is 0. The van der Waals surface area contributed by atoms with Crippen molar-refractivity contribution in [2.45, 2.75) is 0 Å². The lowest BCUT2D eigenvalue weighted by molar-refractivity contribution is -0.00282. The van der Waals surface area contributed by atoms with Crippen LogP contribution in [0.2, 0.25) is 0 Å². The maximum absolute atomic E-state index is 2.58. The SMILES string of the molecule is C[O+](C)C.[BH4-]. The van der Waals surface area contributed by atoms with Crippen molar-refractivity contribution in [3.63, 3.8) is 0 Å². The second-order valence-corrected chi connectivity index (χ2v) is 1.22. The van der Waals surface area contributed by atoms with E-state index >= 15 is 0 Å². The van der Waals surface area contributed by atoms with Gasteiger partial charge in [0.15, 0.2) is 0 Å². The Hall–Kier alpha value is 0.0249. The van der Waals surface area contributed by atoms with Crippen molar-refractivity contribution >= 4 is 8.41 Å². The fourth-order valence-corrected chi connectivity index (χ4v) is 0. The molecule has 34 valence electrons. The largest absolute Gasteiger partial charge is 0.429 e. The van der Waals surface area contributed by atoms with Gasteiger partial charge in [-0.1, -0.05) is 8.41 Å². The molecule has 0 N–H and O–H groups in total. The zero-order valence-electron chi connectivity index (χ0n) is 3.41. The Labute approximate surface area is 35.2 Å². The van der Waals surface area contributed by atoms with Crippen LogP contribution in [0.4, 0.5) is 0 Å². The van der Waals surface area contributed by atoms with Gasteiger partial charge in [-0.15, -0.1) is 0 Å². The van der Waals surface area contributed by atoms with E-state index in [1.165, 1.54) is 0 Å². The predicted octanol–water partition coefficient (Wildman–Crippen LogP) is -1.02. The maximum Gasteiger partial charge on any atom is 0.135 e. The maximum atomic E-state index is 2.58. The van der Waals surface area contributed by atoms with E-state index < -0.39 is 0 Å². The Morgan fingerprint density at radius 2 is 1.00 bits per heavy atom. The summed E-state index contributed by atoms with van der Waals surface area (Å²) >= 11 is 0. The molecule has 0 bridgehead atoms. The Morgan fingerprint density at radius 3 is 1.00 bits per heavy atom. The van der Waals surface area contributed by atoms with Gasteiger partial charge in [-0.25, -0.2) is 0 Å². The van der Waals surface area contributed by atoms with Crippen molar-refractivity contribution in [1.82, 2.24) is 0 Å². The van der Waals surface area contributed by atoms with Crippen LogP contribution >= 0.6 is 0 Å². The first-order chi connectivity index (χ1) is 1.73. The molecule has 0 aliphatic heterocycles. The highest BCUT2D eigenvalue weighted by Gasteiger charge is 1.61. The van der Waals surface area contributed by atoms with Crippen LogP contribution in [0.5, 0.6) is 0 Å². The Bertz CT molecular complexity index is 11.6. The lowest BCUT2D eigenvalue weighted by Crippen LogP contribution is -1.87. The van der Waals surface area contributed by atoms with E-state index in [-0.39, 0.29) is 8.41 Å². The highest BCUT2D eigenvalue weighted by molar-refractivity contribution is 5.75. The summed E-state index contributed by atoms with van der Waals surface area (Å²) < 4.78 is 2.58. The molecule has 0 aromatic rings. The standard InChI is InChI=1S/C3H9O.BH4/c1-4(2)3;/h1-3H3;1H4/q+1;-1. The van der Waals surface area contributed by atoms with Crippen LogP contribution in [0.3, 0.4) is 0 Å². The van der Waals surface area contributed by atoms with Gasteiger partial charge in [-0.2, -0.15) is 0 Å². The van der Waals surface area contributed by atoms with Crippen molar-refractivity contribution in [3.8, 4) is 0 Å². The fourth-order valence-electron chi connectivity index (χ4n) is 0. The Morgan fingerprint density at radius 1 is 1.00 bits per heavy atom. The smallest absolute Gasteiger partial charge is 0.135 e. The van der Waals surface area contributed by atoms with E-state index in [1.807, 2.05) is 21.3 Å². The quantitative estimate of drug-likeness (QED) is 0.256. The highest BCUT2D eigenvalue weighted by atomic mass is 16.6. The van der Waals surface area contributed by atoms with Gasteiger partial charge >= 0.3 is 0 Å². The van der Waals surface area contributed by atoms with Gasteiger partial charge < -0.3 is 4.37 Å². The summed E-state index contributed by atoms with van der Waals surface area (Å²) in [5.74, 6) is 0. The van der Waals surface area contributed by atoms with Crippen molar-refractivity contribution in [3.05, 3.63) is 0 Å². The highest BCUT2D eigenvalue weighted by Crippen LogP contribution is 1.60. The third-order valence-corrected chi connectivity index (χ3v) is 0. The monoisotopic (exact) mass is 76.1 g/mol. The van der Waals surface area contributed by atoms with Gasteiger partial charge in [0.25, 0.3) is 0 Å². The molecule has 0 aromatic heterocycles. The van der Waals surface area contributed by atoms with Crippen molar-refractivity contribution in [2.75, 3.05) is 21.3 Å². The van der Waals surface area contributed by atoms with Crippen LogP contribution in [-0.2, 0) is 4.37 Å². The summed E-state index contributed by atoms with van der Waals surface area (Å²) in [5, 5.41) is 0. The molecule has 1 nitrogen and oxygen atoms in total. The molecular weight excluding hydrogens is 62.8 g/mol. The lowest BCUT2D eigenvalue weighted by Gasteiger charge is -1.90. The van der Waals surface area contributed by atoms with Gasteiger partial charge in [0.05, 0.1) is 0 Å². The van der Waals surface area contributed by atoms with E-state index in [9.17, 15) is 0 Å². The van der Waals surface area contributed by atoms with Crippen molar-refractivity contribution in [2.24, 2.45) is 0 Å². The van der Waals surface area contributed by atoms with Crippen molar-refractivity contribution in [1.29, 1.82) is 0 Å². The predicted molar refractivity (Wildman–Crippen MR) is 30.2 cm³/mol. The zero-order valence-corrected chi connectivity index (χ0v) is 3.41. The summed E-state index contributed by atoms with van der Waals surface area (Å²) in [5.41, 5.74) is 0. The molecule has 0 radical (unpaired) electrons. The van der Waals surface area contributed by atoms with E-state index in [0.717, 1.165) is 0 Å². The van der Waals surface area contributed by atoms with Crippen LogP contribution in [0.25, 0.3) is 0 Å². The minimum absolute atomic E-state index is 0. The molecule has 0 heterocycles. The first kappa shape index (κ1) is 8.90. The lowest BCUT2D eigenvalue weighted by atomic mass is 10.8. The van der Waals surface area contributed by atoms with Gasteiger partial charge in [-0.3, -0.25) is 0 Å². The third-order valence-electron chi connectivity index (χ3n) is 0. The topological polar surface area (TPSA) is 2.70 Å². The fraction of sp³-hybridized carbons (Fsp3) is 1.00. The first-order valence-corrected chi connectivity index (χ1v) is 1.22. The molecule has 0 aliphatic carbocycles. The number of hydrogen-bond acceptors (Lipinski definition) is 0. The summed E-state index contributed by atoms with van der Waals surface area (Å²) in [7, 11) is 5.75. The number of hydrogen-bond donors (Lipinski definition) is 0. The minimum Gasteiger partial charge on any atom is -0.429 e. The molecule has 5 heavy (non-hydrogen) atoms. The molecule has 0 unspecified atom stereocenters. The van der Waals surface area contributed by atoms with Gasteiger partial charge in [0.2, 0.25) is 0 Å². The average Bonchev–Trinajstić information content (AvgIpc) is 0.811. The molecule has 0 saturated carbocycles. The summed E-state index contributed by atoms with van der Waals surface area (Å²) in [6.45, 7) is 0. The third kappa shape index (κ3) is 26500. The van der Waals surface area contributed by atoms with Crippen LogP contribution in [0.15, 0.2) is 0 Å². The molecule has 0 aliphatic rings. The van der Waals surface area contributed by atoms with Crippen LogP contribution in [0, 0.1) is 0 Å². The van der Waals surface area contributed by atoms with E-state index in [2.05, 4.69) is 4.37 Å². The summed E-state index contributed by atoms with van der Waals surface area (Å²) in [6, 6.07) is 0. The summed E-state index contributed by atoms with van der Waals surface area (Å²) in [6.07, 6.45) is 0. The normalized spacial score (nSPS) is 7.20. The van der Waals surface area contributed by atoms with Gasteiger partial charge in [0, 0.05) is 0 Å². The molecule has 0 rings (SSSR count). The van der Waals surface area contributed by atoms with Crippen molar-refractivity contribution < 1.29 is 4.37 Å². The molecule has 0 aromatic carbocycles. The van der Waals surface area contributed by atoms with E-state index in [0.29, 0.717) is 0 Å². The molecule has 0 spiro atoms. The molecular formula is C3H13BO. The van der Waals surface area contributed by atoms with E-state index in [4.69, 9.17) is 0 Å².